The number of carboxylic acids is 1. The summed E-state index contributed by atoms with van der Waals surface area (Å²) in [5, 5.41) is 11.5. The third kappa shape index (κ3) is 3.60. The van der Waals surface area contributed by atoms with Crippen LogP contribution in [0.5, 0.6) is 0 Å². The maximum Gasteiger partial charge on any atom is 0.341 e. The van der Waals surface area contributed by atoms with Crippen molar-refractivity contribution in [3.8, 4) is 0 Å². The minimum atomic E-state index is -1.04. The molecule has 1 aliphatic carbocycles. The van der Waals surface area contributed by atoms with Crippen molar-refractivity contribution < 1.29 is 19.4 Å². The maximum atomic E-state index is 12.3. The van der Waals surface area contributed by atoms with Gasteiger partial charge in [0.15, 0.2) is 12.4 Å². The van der Waals surface area contributed by atoms with Crippen molar-refractivity contribution in [2.75, 3.05) is 6.61 Å². The molecule has 2 aromatic rings. The van der Waals surface area contributed by atoms with Crippen LogP contribution in [0.15, 0.2) is 47.7 Å². The van der Waals surface area contributed by atoms with Gasteiger partial charge >= 0.3 is 5.97 Å². The Balaban J connectivity index is 1.91. The number of halogens is 1. The number of Topliss-reactive ketones (excluding diaryl/α,β-unsaturated/α-hetero) is 1. The van der Waals surface area contributed by atoms with Gasteiger partial charge in [-0.3, -0.25) is 4.79 Å². The van der Waals surface area contributed by atoms with E-state index < -0.39 is 12.6 Å². The van der Waals surface area contributed by atoms with E-state index in [4.69, 9.17) is 21.4 Å². The van der Waals surface area contributed by atoms with Crippen LogP contribution in [0, 0.1) is 0 Å². The third-order valence-electron chi connectivity index (χ3n) is 4.12. The topological polar surface area (TPSA) is 63.6 Å². The molecule has 0 fully saturated rings. The smallest absolute Gasteiger partial charge is 0.341 e. The first-order chi connectivity index (χ1) is 11.5. The highest BCUT2D eigenvalue weighted by atomic mass is 35.5. The molecule has 0 atom stereocenters. The van der Waals surface area contributed by atoms with Crippen molar-refractivity contribution in [3.05, 3.63) is 58.3 Å². The van der Waals surface area contributed by atoms with E-state index in [-0.39, 0.29) is 5.78 Å². The molecule has 3 rings (SSSR count). The molecule has 1 N–H and O–H groups in total. The van der Waals surface area contributed by atoms with Crippen molar-refractivity contribution in [2.45, 2.75) is 25.7 Å². The molecule has 0 heterocycles. The van der Waals surface area contributed by atoms with Crippen LogP contribution < -0.4 is 0 Å². The average Bonchev–Trinajstić information content (AvgIpc) is 2.55. The Hall–Kier alpha value is -2.33. The highest BCUT2D eigenvalue weighted by Crippen LogP contribution is 2.28. The molecule has 0 saturated heterocycles. The van der Waals surface area contributed by atoms with Gasteiger partial charge in [-0.1, -0.05) is 41.9 Å². The van der Waals surface area contributed by atoms with Crippen LogP contribution in [0.1, 0.15) is 24.8 Å². The number of rotatable bonds is 5. The zero-order valence-corrected chi connectivity index (χ0v) is 13.8. The molecular weight excluding hydrogens is 328 g/mol. The molecule has 0 saturated carbocycles. The van der Waals surface area contributed by atoms with E-state index in [2.05, 4.69) is 0 Å². The molecule has 0 unspecified atom stereocenters. The Morgan fingerprint density at radius 1 is 1.21 bits per heavy atom. The molecule has 1 aliphatic rings. The van der Waals surface area contributed by atoms with E-state index >= 15 is 0 Å². The second kappa shape index (κ2) is 7.05. The van der Waals surface area contributed by atoms with Gasteiger partial charge in [0.05, 0.1) is 0 Å². The maximum absolute atomic E-state index is 12.3. The minimum absolute atomic E-state index is 0.0350. The Morgan fingerprint density at radius 3 is 2.83 bits per heavy atom. The second-order valence-electron chi connectivity index (χ2n) is 5.83. The Bertz CT molecular complexity index is 838. The van der Waals surface area contributed by atoms with Gasteiger partial charge in [-0.25, -0.2) is 4.79 Å². The highest BCUT2D eigenvalue weighted by molar-refractivity contribution is 6.35. The minimum Gasteiger partial charge on any atom is -0.486 e. The normalized spacial score (nSPS) is 15.0. The monoisotopic (exact) mass is 344 g/mol. The van der Waals surface area contributed by atoms with Crippen LogP contribution in [0.2, 0.25) is 5.02 Å². The molecule has 2 aromatic carbocycles. The van der Waals surface area contributed by atoms with Gasteiger partial charge in [-0.15, -0.1) is 0 Å². The fourth-order valence-electron chi connectivity index (χ4n) is 2.98. The number of carbonyl (C=O) groups excluding carboxylic acids is 1. The standard InChI is InChI=1S/C19H17ClO4/c20-16-4-1-3-13-9-12(7-8-14(13)16)10-15-17(21)5-2-6-18(15)24-11-19(22)23/h1,3-4,7-9H,2,5-6,10-11H2,(H,22,23). The summed E-state index contributed by atoms with van der Waals surface area (Å²) in [6, 6.07) is 11.6. The molecule has 4 nitrogen and oxygen atoms in total. The molecule has 124 valence electrons. The lowest BCUT2D eigenvalue weighted by Gasteiger charge is -2.19. The Kier molecular flexibility index (Phi) is 4.86. The lowest BCUT2D eigenvalue weighted by Crippen LogP contribution is -2.17. The largest absolute Gasteiger partial charge is 0.486 e. The number of allylic oxidation sites excluding steroid dienone is 2. The summed E-state index contributed by atoms with van der Waals surface area (Å²) >= 11 is 6.18. The molecule has 0 radical (unpaired) electrons. The van der Waals surface area contributed by atoms with Crippen molar-refractivity contribution in [2.24, 2.45) is 0 Å². The first-order valence-corrected chi connectivity index (χ1v) is 8.19. The summed E-state index contributed by atoms with van der Waals surface area (Å²) in [5.41, 5.74) is 1.57. The lowest BCUT2D eigenvalue weighted by atomic mass is 9.91. The van der Waals surface area contributed by atoms with Crippen molar-refractivity contribution in [3.63, 3.8) is 0 Å². The first kappa shape index (κ1) is 16.5. The van der Waals surface area contributed by atoms with Crippen LogP contribution in [0.25, 0.3) is 10.8 Å². The third-order valence-corrected chi connectivity index (χ3v) is 4.45. The predicted molar refractivity (Wildman–Crippen MR) is 92.1 cm³/mol. The van der Waals surface area contributed by atoms with Crippen LogP contribution in [0.3, 0.4) is 0 Å². The average molecular weight is 345 g/mol. The van der Waals surface area contributed by atoms with Gasteiger partial charge < -0.3 is 9.84 Å². The van der Waals surface area contributed by atoms with Gasteiger partial charge in [-0.2, -0.15) is 0 Å². The summed E-state index contributed by atoms with van der Waals surface area (Å²) in [4.78, 5) is 23.0. The Morgan fingerprint density at radius 2 is 2.04 bits per heavy atom. The molecule has 0 aliphatic heterocycles. The number of ketones is 1. The van der Waals surface area contributed by atoms with E-state index in [0.29, 0.717) is 42.0 Å². The second-order valence-corrected chi connectivity index (χ2v) is 6.24. The number of hydrogen-bond acceptors (Lipinski definition) is 3. The first-order valence-electron chi connectivity index (χ1n) is 7.81. The van der Waals surface area contributed by atoms with Crippen LogP contribution >= 0.6 is 11.6 Å². The summed E-state index contributed by atoms with van der Waals surface area (Å²) in [6.45, 7) is -0.417. The summed E-state index contributed by atoms with van der Waals surface area (Å²) < 4.78 is 5.34. The van der Waals surface area contributed by atoms with E-state index in [1.807, 2.05) is 36.4 Å². The van der Waals surface area contributed by atoms with E-state index in [1.54, 1.807) is 0 Å². The van der Waals surface area contributed by atoms with Crippen molar-refractivity contribution in [1.29, 1.82) is 0 Å². The van der Waals surface area contributed by atoms with Crippen molar-refractivity contribution in [1.82, 2.24) is 0 Å². The molecule has 5 heteroatoms. The molecular formula is C19H17ClO4. The molecule has 0 amide bonds. The number of ether oxygens (including phenoxy) is 1. The number of aliphatic carboxylic acids is 1. The van der Waals surface area contributed by atoms with Gasteiger partial charge in [0.25, 0.3) is 0 Å². The predicted octanol–water partition coefficient (Wildman–Crippen LogP) is 4.14. The molecule has 0 bridgehead atoms. The summed E-state index contributed by atoms with van der Waals surface area (Å²) in [6.07, 6.45) is 2.23. The van der Waals surface area contributed by atoms with Gasteiger partial charge in [0.1, 0.15) is 5.76 Å². The van der Waals surface area contributed by atoms with Gasteiger partial charge in [0, 0.05) is 35.2 Å². The lowest BCUT2D eigenvalue weighted by molar-refractivity contribution is -0.141. The highest BCUT2D eigenvalue weighted by Gasteiger charge is 2.22. The van der Waals surface area contributed by atoms with Crippen LogP contribution in [-0.2, 0) is 20.7 Å². The van der Waals surface area contributed by atoms with E-state index in [0.717, 1.165) is 16.3 Å². The van der Waals surface area contributed by atoms with E-state index in [1.165, 1.54) is 0 Å². The fraction of sp³-hybridized carbons (Fsp3) is 0.263. The molecule has 0 spiro atoms. The fourth-order valence-corrected chi connectivity index (χ4v) is 3.22. The Labute approximate surface area is 144 Å². The molecule has 24 heavy (non-hydrogen) atoms. The molecule has 0 aromatic heterocycles. The number of carboxylic acid groups (broad SMARTS) is 1. The summed E-state index contributed by atoms with van der Waals surface area (Å²) in [5.74, 6) is -0.493. The van der Waals surface area contributed by atoms with Gasteiger partial charge in [-0.05, 0) is 23.4 Å². The number of hydrogen-bond donors (Lipinski definition) is 1. The zero-order chi connectivity index (χ0) is 17.1. The van der Waals surface area contributed by atoms with Gasteiger partial charge in [0.2, 0.25) is 0 Å². The van der Waals surface area contributed by atoms with Crippen LogP contribution in [-0.4, -0.2) is 23.5 Å². The van der Waals surface area contributed by atoms with E-state index in [9.17, 15) is 9.59 Å². The number of benzene rings is 2. The van der Waals surface area contributed by atoms with Crippen molar-refractivity contribution >= 4 is 34.1 Å². The quantitative estimate of drug-likeness (QED) is 0.885. The zero-order valence-electron chi connectivity index (χ0n) is 13.0. The number of fused-ring (bicyclic) bond motifs is 1. The van der Waals surface area contributed by atoms with Crippen LogP contribution in [0.4, 0.5) is 0 Å². The SMILES string of the molecule is O=C(O)COC1=C(Cc2ccc3c(Cl)cccc3c2)C(=O)CCC1. The number of carbonyl (C=O) groups is 2. The summed E-state index contributed by atoms with van der Waals surface area (Å²) in [7, 11) is 0.